The molecule has 0 bridgehead atoms. The molecule has 0 aliphatic rings. The molecule has 0 radical (unpaired) electrons. The van der Waals surface area contributed by atoms with Gasteiger partial charge in [0, 0.05) is 5.56 Å². The number of halogens is 3. The predicted octanol–water partition coefficient (Wildman–Crippen LogP) is 4.26. The molecule has 20 heavy (non-hydrogen) atoms. The minimum absolute atomic E-state index is 0.176. The normalized spacial score (nSPS) is 13.2. The van der Waals surface area contributed by atoms with Crippen LogP contribution in [0.15, 0.2) is 35.0 Å². The second-order valence-electron chi connectivity index (χ2n) is 4.32. The molecule has 1 aromatic heterocycles. The van der Waals surface area contributed by atoms with Gasteiger partial charge in [0.05, 0.1) is 6.04 Å². The van der Waals surface area contributed by atoms with Gasteiger partial charge in [0.25, 0.3) is 0 Å². The monoisotopic (exact) mass is 301 g/mol. The zero-order chi connectivity index (χ0) is 14.8. The van der Waals surface area contributed by atoms with Gasteiger partial charge in [-0.25, -0.2) is 0 Å². The number of aryl methyl sites for hydroxylation is 1. The molecule has 2 nitrogen and oxygen atoms in total. The summed E-state index contributed by atoms with van der Waals surface area (Å²) >= 11 is 1.52. The first-order valence-electron chi connectivity index (χ1n) is 5.97. The topological polar surface area (TPSA) is 21.3 Å². The van der Waals surface area contributed by atoms with E-state index in [1.54, 1.807) is 19.2 Å². The Balaban J connectivity index is 2.43. The van der Waals surface area contributed by atoms with Gasteiger partial charge < -0.3 is 10.1 Å². The van der Waals surface area contributed by atoms with Crippen LogP contribution in [0.25, 0.3) is 0 Å². The molecule has 2 rings (SSSR count). The van der Waals surface area contributed by atoms with Crippen molar-refractivity contribution in [1.82, 2.24) is 5.32 Å². The van der Waals surface area contributed by atoms with Gasteiger partial charge in [-0.2, -0.15) is 11.3 Å². The molecule has 0 saturated heterocycles. The number of thiophene rings is 1. The van der Waals surface area contributed by atoms with Crippen LogP contribution in [0.2, 0.25) is 0 Å². The zero-order valence-electron chi connectivity index (χ0n) is 11.0. The highest BCUT2D eigenvalue weighted by atomic mass is 32.1. The smallest absolute Gasteiger partial charge is 0.405 e. The standard InChI is InChI=1S/C14H14F3NOS/c1-9-7-20-8-11(9)13(18-2)10-5-3-4-6-12(10)19-14(15,16)17/h3-8,13,18H,1-2H3. The van der Waals surface area contributed by atoms with Crippen molar-refractivity contribution >= 4 is 11.3 Å². The van der Waals surface area contributed by atoms with E-state index in [9.17, 15) is 13.2 Å². The maximum Gasteiger partial charge on any atom is 0.573 e. The minimum Gasteiger partial charge on any atom is -0.405 e. The summed E-state index contributed by atoms with van der Waals surface area (Å²) < 4.78 is 41.5. The van der Waals surface area contributed by atoms with Crippen LogP contribution in [0.4, 0.5) is 13.2 Å². The van der Waals surface area contributed by atoms with Crippen LogP contribution < -0.4 is 10.1 Å². The average Bonchev–Trinajstić information content (AvgIpc) is 2.77. The molecule has 2 aromatic rings. The Morgan fingerprint density at radius 1 is 1.15 bits per heavy atom. The maximum absolute atomic E-state index is 12.5. The van der Waals surface area contributed by atoms with Gasteiger partial charge in [-0.05, 0) is 41.9 Å². The Kier molecular flexibility index (Phi) is 4.35. The summed E-state index contributed by atoms with van der Waals surface area (Å²) in [5.74, 6) is -0.176. The van der Waals surface area contributed by atoms with Gasteiger partial charge in [-0.1, -0.05) is 18.2 Å². The van der Waals surface area contributed by atoms with Crippen LogP contribution in [-0.2, 0) is 0 Å². The fraction of sp³-hybridized carbons (Fsp3) is 0.286. The summed E-state index contributed by atoms with van der Waals surface area (Å²) in [6, 6.07) is 5.86. The number of hydrogen-bond donors (Lipinski definition) is 1. The van der Waals surface area contributed by atoms with Crippen molar-refractivity contribution in [3.63, 3.8) is 0 Å². The molecule has 108 valence electrons. The van der Waals surface area contributed by atoms with E-state index in [1.165, 1.54) is 23.5 Å². The first kappa shape index (κ1) is 14.9. The Bertz CT molecular complexity index is 580. The molecule has 1 unspecified atom stereocenters. The fourth-order valence-corrected chi connectivity index (χ4v) is 2.96. The molecule has 0 fully saturated rings. The summed E-state index contributed by atoms with van der Waals surface area (Å²) in [5.41, 5.74) is 2.46. The van der Waals surface area contributed by atoms with Crippen molar-refractivity contribution < 1.29 is 17.9 Å². The number of benzene rings is 1. The van der Waals surface area contributed by atoms with Gasteiger partial charge in [-0.3, -0.25) is 0 Å². The van der Waals surface area contributed by atoms with E-state index in [0.717, 1.165) is 11.1 Å². The van der Waals surface area contributed by atoms with Crippen molar-refractivity contribution in [2.24, 2.45) is 0 Å². The summed E-state index contributed by atoms with van der Waals surface area (Å²) in [6.07, 6.45) is -4.70. The van der Waals surface area contributed by atoms with Crippen LogP contribution in [0.1, 0.15) is 22.7 Å². The van der Waals surface area contributed by atoms with Crippen LogP contribution >= 0.6 is 11.3 Å². The van der Waals surface area contributed by atoms with E-state index >= 15 is 0 Å². The number of ether oxygens (including phenoxy) is 1. The molecule has 1 heterocycles. The van der Waals surface area contributed by atoms with Crippen LogP contribution in [0, 0.1) is 6.92 Å². The molecule has 0 aliphatic carbocycles. The lowest BCUT2D eigenvalue weighted by atomic mass is 9.98. The molecular formula is C14H14F3NOS. The second kappa shape index (κ2) is 5.85. The van der Waals surface area contributed by atoms with Gasteiger partial charge in [0.2, 0.25) is 0 Å². The van der Waals surface area contributed by atoms with E-state index in [-0.39, 0.29) is 11.8 Å². The van der Waals surface area contributed by atoms with Crippen LogP contribution in [0.5, 0.6) is 5.75 Å². The van der Waals surface area contributed by atoms with Gasteiger partial charge in [-0.15, -0.1) is 13.2 Å². The summed E-state index contributed by atoms with van der Waals surface area (Å²) in [4.78, 5) is 0. The molecule has 1 atom stereocenters. The number of para-hydroxylation sites is 1. The van der Waals surface area contributed by atoms with E-state index < -0.39 is 6.36 Å². The second-order valence-corrected chi connectivity index (χ2v) is 5.06. The largest absolute Gasteiger partial charge is 0.573 e. The highest BCUT2D eigenvalue weighted by Crippen LogP contribution is 2.35. The summed E-state index contributed by atoms with van der Waals surface area (Å²) in [7, 11) is 1.71. The minimum atomic E-state index is -4.70. The predicted molar refractivity (Wildman–Crippen MR) is 73.1 cm³/mol. The molecule has 6 heteroatoms. The number of alkyl halides is 3. The number of hydrogen-bond acceptors (Lipinski definition) is 3. The van der Waals surface area contributed by atoms with E-state index in [0.29, 0.717) is 5.56 Å². The summed E-state index contributed by atoms with van der Waals surface area (Å²) in [6.45, 7) is 1.93. The Morgan fingerprint density at radius 3 is 2.40 bits per heavy atom. The Morgan fingerprint density at radius 2 is 1.85 bits per heavy atom. The molecule has 1 aromatic carbocycles. The lowest BCUT2D eigenvalue weighted by molar-refractivity contribution is -0.275. The quantitative estimate of drug-likeness (QED) is 0.911. The van der Waals surface area contributed by atoms with Crippen molar-refractivity contribution in [1.29, 1.82) is 0 Å². The molecule has 0 amide bonds. The van der Waals surface area contributed by atoms with Gasteiger partial charge in [0.15, 0.2) is 0 Å². The molecule has 0 aliphatic heterocycles. The number of nitrogens with one attached hydrogen (secondary N) is 1. The van der Waals surface area contributed by atoms with E-state index in [1.807, 2.05) is 17.7 Å². The van der Waals surface area contributed by atoms with Crippen molar-refractivity contribution in [3.05, 3.63) is 51.7 Å². The molecule has 0 saturated carbocycles. The first-order valence-corrected chi connectivity index (χ1v) is 6.91. The summed E-state index contributed by atoms with van der Waals surface area (Å²) in [5, 5.41) is 6.94. The van der Waals surface area contributed by atoms with Gasteiger partial charge in [0.1, 0.15) is 5.75 Å². The highest BCUT2D eigenvalue weighted by molar-refractivity contribution is 7.08. The fourth-order valence-electron chi connectivity index (χ4n) is 2.08. The number of rotatable bonds is 4. The molecule has 0 spiro atoms. The van der Waals surface area contributed by atoms with Gasteiger partial charge >= 0.3 is 6.36 Å². The Hall–Kier alpha value is -1.53. The van der Waals surface area contributed by atoms with E-state index in [2.05, 4.69) is 10.1 Å². The van der Waals surface area contributed by atoms with Crippen molar-refractivity contribution in [3.8, 4) is 5.75 Å². The SMILES string of the molecule is CNC(c1cscc1C)c1ccccc1OC(F)(F)F. The lowest BCUT2D eigenvalue weighted by Gasteiger charge is -2.21. The molecular weight excluding hydrogens is 287 g/mol. The third kappa shape index (κ3) is 3.32. The molecule has 1 N–H and O–H groups in total. The third-order valence-corrected chi connectivity index (χ3v) is 3.83. The van der Waals surface area contributed by atoms with Crippen molar-refractivity contribution in [2.45, 2.75) is 19.3 Å². The van der Waals surface area contributed by atoms with E-state index in [4.69, 9.17) is 0 Å². The highest BCUT2D eigenvalue weighted by Gasteiger charge is 2.33. The van der Waals surface area contributed by atoms with Crippen molar-refractivity contribution in [2.75, 3.05) is 7.05 Å². The first-order chi connectivity index (χ1) is 9.42. The Labute approximate surface area is 119 Å². The van der Waals surface area contributed by atoms with Crippen LogP contribution in [0.3, 0.4) is 0 Å². The zero-order valence-corrected chi connectivity index (χ0v) is 11.8. The maximum atomic E-state index is 12.5. The van der Waals surface area contributed by atoms with Crippen LogP contribution in [-0.4, -0.2) is 13.4 Å². The third-order valence-electron chi connectivity index (χ3n) is 2.95. The lowest BCUT2D eigenvalue weighted by Crippen LogP contribution is -2.22. The average molecular weight is 301 g/mol.